The summed E-state index contributed by atoms with van der Waals surface area (Å²) in [6.07, 6.45) is 0. The zero-order valence-electron chi connectivity index (χ0n) is 11.8. The van der Waals surface area contributed by atoms with Gasteiger partial charge in [-0.1, -0.05) is 13.8 Å². The van der Waals surface area contributed by atoms with Gasteiger partial charge in [-0.15, -0.1) is 11.3 Å². The van der Waals surface area contributed by atoms with E-state index in [2.05, 4.69) is 10.0 Å². The predicted octanol–water partition coefficient (Wildman–Crippen LogP) is 1.42. The molecule has 0 aliphatic carbocycles. The Morgan fingerprint density at radius 1 is 1.37 bits per heavy atom. The molecule has 1 heterocycles. The lowest BCUT2D eigenvalue weighted by Crippen LogP contribution is -2.41. The SMILES string of the molecule is CNCc1ccc(S(=O)(=O)NC(COC)C(C)C)s1. The Morgan fingerprint density at radius 2 is 2.05 bits per heavy atom. The minimum atomic E-state index is -3.46. The second kappa shape index (κ2) is 7.35. The van der Waals surface area contributed by atoms with E-state index in [0.717, 1.165) is 4.88 Å². The number of sulfonamides is 1. The summed E-state index contributed by atoms with van der Waals surface area (Å²) >= 11 is 1.28. The lowest BCUT2D eigenvalue weighted by molar-refractivity contribution is 0.157. The smallest absolute Gasteiger partial charge is 0.250 e. The number of ether oxygens (including phenoxy) is 1. The molecule has 0 aromatic carbocycles. The van der Waals surface area contributed by atoms with Gasteiger partial charge in [0, 0.05) is 24.6 Å². The second-order valence-electron chi connectivity index (χ2n) is 4.68. The first-order valence-corrected chi connectivity index (χ1v) is 8.45. The molecule has 1 atom stereocenters. The summed E-state index contributed by atoms with van der Waals surface area (Å²) in [7, 11) is -0.0613. The van der Waals surface area contributed by atoms with Crippen LogP contribution in [0.1, 0.15) is 18.7 Å². The van der Waals surface area contributed by atoms with Crippen molar-refractivity contribution in [3.8, 4) is 0 Å². The molecule has 0 amide bonds. The Balaban J connectivity index is 2.83. The Hall–Kier alpha value is -0.470. The molecule has 1 rings (SSSR count). The van der Waals surface area contributed by atoms with Gasteiger partial charge in [-0.3, -0.25) is 0 Å². The number of nitrogens with one attached hydrogen (secondary N) is 2. The highest BCUT2D eigenvalue weighted by Gasteiger charge is 2.23. The normalized spacial score (nSPS) is 13.9. The summed E-state index contributed by atoms with van der Waals surface area (Å²) in [5.74, 6) is 0.173. The quantitative estimate of drug-likeness (QED) is 0.762. The summed E-state index contributed by atoms with van der Waals surface area (Å²) in [5.41, 5.74) is 0. The molecule has 0 radical (unpaired) electrons. The van der Waals surface area contributed by atoms with E-state index in [1.165, 1.54) is 11.3 Å². The minimum absolute atomic E-state index is 0.173. The van der Waals surface area contributed by atoms with Crippen LogP contribution in [0.5, 0.6) is 0 Å². The van der Waals surface area contributed by atoms with E-state index in [1.54, 1.807) is 13.2 Å². The van der Waals surface area contributed by atoms with Gasteiger partial charge >= 0.3 is 0 Å². The van der Waals surface area contributed by atoms with Crippen molar-refractivity contribution in [2.45, 2.75) is 30.6 Å². The lowest BCUT2D eigenvalue weighted by atomic mass is 10.1. The van der Waals surface area contributed by atoms with Crippen molar-refractivity contribution < 1.29 is 13.2 Å². The molecule has 0 saturated carbocycles. The first-order valence-electron chi connectivity index (χ1n) is 6.15. The molecule has 1 unspecified atom stereocenters. The van der Waals surface area contributed by atoms with Crippen molar-refractivity contribution in [3.63, 3.8) is 0 Å². The fraction of sp³-hybridized carbons (Fsp3) is 0.667. The van der Waals surface area contributed by atoms with Gasteiger partial charge in [0.25, 0.3) is 0 Å². The fourth-order valence-electron chi connectivity index (χ4n) is 1.57. The number of hydrogen-bond donors (Lipinski definition) is 2. The minimum Gasteiger partial charge on any atom is -0.383 e. The van der Waals surface area contributed by atoms with Crippen LogP contribution in [0.25, 0.3) is 0 Å². The molecule has 1 aromatic rings. The van der Waals surface area contributed by atoms with Gasteiger partial charge < -0.3 is 10.1 Å². The number of methoxy groups -OCH3 is 1. The third kappa shape index (κ3) is 4.85. The van der Waals surface area contributed by atoms with Crippen LogP contribution in [0, 0.1) is 5.92 Å². The molecule has 2 N–H and O–H groups in total. The van der Waals surface area contributed by atoms with E-state index in [0.29, 0.717) is 17.4 Å². The van der Waals surface area contributed by atoms with Crippen LogP contribution in [-0.4, -0.2) is 35.2 Å². The zero-order chi connectivity index (χ0) is 14.5. The van der Waals surface area contributed by atoms with E-state index in [1.807, 2.05) is 27.0 Å². The number of rotatable bonds is 8. The average Bonchev–Trinajstić information content (AvgIpc) is 2.78. The standard InChI is InChI=1S/C12H22N2O3S2/c1-9(2)11(8-17-4)14-19(15,16)12-6-5-10(18-12)7-13-3/h5-6,9,11,13-14H,7-8H2,1-4H3. The van der Waals surface area contributed by atoms with Gasteiger partial charge in [-0.25, -0.2) is 13.1 Å². The summed E-state index contributed by atoms with van der Waals surface area (Å²) < 4.78 is 32.6. The van der Waals surface area contributed by atoms with Crippen molar-refractivity contribution in [2.24, 2.45) is 5.92 Å². The third-order valence-electron chi connectivity index (χ3n) is 2.71. The molecule has 0 saturated heterocycles. The molecule has 7 heteroatoms. The molecule has 0 bridgehead atoms. The zero-order valence-corrected chi connectivity index (χ0v) is 13.4. The highest BCUT2D eigenvalue weighted by molar-refractivity contribution is 7.91. The molecule has 110 valence electrons. The summed E-state index contributed by atoms with van der Waals surface area (Å²) in [4.78, 5) is 0.996. The average molecular weight is 306 g/mol. The van der Waals surface area contributed by atoms with Crippen LogP contribution in [0.3, 0.4) is 0 Å². The van der Waals surface area contributed by atoms with Crippen molar-refractivity contribution in [1.29, 1.82) is 0 Å². The molecular weight excluding hydrogens is 284 g/mol. The molecule has 0 aliphatic rings. The van der Waals surface area contributed by atoms with Crippen LogP contribution in [-0.2, 0) is 21.3 Å². The van der Waals surface area contributed by atoms with E-state index in [-0.39, 0.29) is 12.0 Å². The van der Waals surface area contributed by atoms with Crippen molar-refractivity contribution in [1.82, 2.24) is 10.0 Å². The van der Waals surface area contributed by atoms with Crippen molar-refractivity contribution in [2.75, 3.05) is 20.8 Å². The van der Waals surface area contributed by atoms with Crippen LogP contribution < -0.4 is 10.0 Å². The van der Waals surface area contributed by atoms with E-state index < -0.39 is 10.0 Å². The molecule has 0 fully saturated rings. The first-order chi connectivity index (χ1) is 8.90. The molecule has 1 aromatic heterocycles. The summed E-state index contributed by atoms with van der Waals surface area (Å²) in [5, 5.41) is 3.00. The molecule has 19 heavy (non-hydrogen) atoms. The van der Waals surface area contributed by atoms with E-state index in [9.17, 15) is 8.42 Å². The Kier molecular flexibility index (Phi) is 6.41. The van der Waals surface area contributed by atoms with Gasteiger partial charge in [-0.05, 0) is 25.1 Å². The first kappa shape index (κ1) is 16.6. The van der Waals surface area contributed by atoms with Gasteiger partial charge in [0.15, 0.2) is 0 Å². The number of hydrogen-bond acceptors (Lipinski definition) is 5. The van der Waals surface area contributed by atoms with Crippen molar-refractivity contribution >= 4 is 21.4 Å². The fourth-order valence-corrected chi connectivity index (χ4v) is 4.32. The molecular formula is C12H22N2O3S2. The van der Waals surface area contributed by atoms with E-state index in [4.69, 9.17) is 4.74 Å². The monoisotopic (exact) mass is 306 g/mol. The predicted molar refractivity (Wildman–Crippen MR) is 77.9 cm³/mol. The van der Waals surface area contributed by atoms with Crippen LogP contribution >= 0.6 is 11.3 Å². The maximum absolute atomic E-state index is 12.3. The van der Waals surface area contributed by atoms with Gasteiger partial charge in [0.05, 0.1) is 6.61 Å². The lowest BCUT2D eigenvalue weighted by Gasteiger charge is -2.20. The summed E-state index contributed by atoms with van der Waals surface area (Å²) in [6, 6.07) is 3.25. The second-order valence-corrected chi connectivity index (χ2v) is 7.79. The highest BCUT2D eigenvalue weighted by atomic mass is 32.2. The van der Waals surface area contributed by atoms with Gasteiger partial charge in [0.2, 0.25) is 10.0 Å². The van der Waals surface area contributed by atoms with Gasteiger partial charge in [-0.2, -0.15) is 0 Å². The Bertz CT molecular complexity index is 483. The molecule has 5 nitrogen and oxygen atoms in total. The summed E-state index contributed by atoms with van der Waals surface area (Å²) in [6.45, 7) is 4.97. The largest absolute Gasteiger partial charge is 0.383 e. The van der Waals surface area contributed by atoms with E-state index >= 15 is 0 Å². The van der Waals surface area contributed by atoms with Crippen LogP contribution in [0.15, 0.2) is 16.3 Å². The topological polar surface area (TPSA) is 67.4 Å². The number of thiophene rings is 1. The Labute approximate surface area is 119 Å². The van der Waals surface area contributed by atoms with Crippen LogP contribution in [0.2, 0.25) is 0 Å². The maximum atomic E-state index is 12.3. The van der Waals surface area contributed by atoms with Crippen LogP contribution in [0.4, 0.5) is 0 Å². The molecule has 0 aliphatic heterocycles. The third-order valence-corrected chi connectivity index (χ3v) is 5.78. The highest BCUT2D eigenvalue weighted by Crippen LogP contribution is 2.22. The molecule has 0 spiro atoms. The maximum Gasteiger partial charge on any atom is 0.250 e. The van der Waals surface area contributed by atoms with Crippen molar-refractivity contribution in [3.05, 3.63) is 17.0 Å². The van der Waals surface area contributed by atoms with Gasteiger partial charge in [0.1, 0.15) is 4.21 Å². The Morgan fingerprint density at radius 3 is 2.58 bits per heavy atom.